The van der Waals surface area contributed by atoms with Crippen LogP contribution in [-0.2, 0) is 13.0 Å². The van der Waals surface area contributed by atoms with Gasteiger partial charge in [-0.2, -0.15) is 0 Å². The van der Waals surface area contributed by atoms with E-state index in [0.29, 0.717) is 12.1 Å². The van der Waals surface area contributed by atoms with Crippen LogP contribution in [0.25, 0.3) is 11.0 Å². The first-order valence-corrected chi connectivity index (χ1v) is 16.6. The summed E-state index contributed by atoms with van der Waals surface area (Å²) in [6.45, 7) is 4.05. The average Bonchev–Trinajstić information content (AvgIpc) is 3.36. The predicted molar refractivity (Wildman–Crippen MR) is 173 cm³/mol. The molecule has 0 atom stereocenters. The molecule has 0 aliphatic rings. The Morgan fingerprint density at radius 2 is 1.32 bits per heavy atom. The van der Waals surface area contributed by atoms with Gasteiger partial charge < -0.3 is 14.6 Å². The Morgan fingerprint density at radius 1 is 0.732 bits per heavy atom. The van der Waals surface area contributed by atoms with Crippen LogP contribution in [0.15, 0.2) is 48.5 Å². The van der Waals surface area contributed by atoms with Gasteiger partial charge in [0, 0.05) is 25.1 Å². The number of imidazole rings is 1. The molecule has 1 N–H and O–H groups in total. The number of ether oxygens (including phenoxy) is 1. The average molecular weight is 562 g/mol. The van der Waals surface area contributed by atoms with Crippen LogP contribution in [-0.4, -0.2) is 29.1 Å². The smallest absolute Gasteiger partial charge is 0.251 e. The highest BCUT2D eigenvalue weighted by atomic mass is 16.5. The fraction of sp³-hybridized carbons (Fsp3) is 0.611. The molecule has 0 fully saturated rings. The fourth-order valence-electron chi connectivity index (χ4n) is 5.66. The molecule has 226 valence electrons. The van der Waals surface area contributed by atoms with Crippen molar-refractivity contribution in [1.29, 1.82) is 0 Å². The van der Waals surface area contributed by atoms with Gasteiger partial charge >= 0.3 is 0 Å². The number of para-hydroxylation sites is 2. The van der Waals surface area contributed by atoms with Crippen molar-refractivity contribution in [3.63, 3.8) is 0 Å². The Morgan fingerprint density at radius 3 is 1.95 bits per heavy atom. The molecule has 5 heteroatoms. The number of fused-ring (bicyclic) bond motifs is 1. The first kappa shape index (κ1) is 32.7. The maximum Gasteiger partial charge on any atom is 0.251 e. The summed E-state index contributed by atoms with van der Waals surface area (Å²) in [6.07, 6.45) is 23.5. The minimum absolute atomic E-state index is 0.0254. The number of hydrogen-bond acceptors (Lipinski definition) is 3. The van der Waals surface area contributed by atoms with Gasteiger partial charge in [0.25, 0.3) is 5.91 Å². The normalized spacial score (nSPS) is 11.3. The third kappa shape index (κ3) is 12.3. The van der Waals surface area contributed by atoms with E-state index >= 15 is 0 Å². The van der Waals surface area contributed by atoms with E-state index in [0.717, 1.165) is 43.5 Å². The number of hydrogen-bond donors (Lipinski definition) is 1. The molecule has 1 heterocycles. The number of methoxy groups -OCH3 is 1. The number of rotatable bonds is 23. The van der Waals surface area contributed by atoms with Crippen molar-refractivity contribution in [1.82, 2.24) is 14.9 Å². The van der Waals surface area contributed by atoms with E-state index in [1.807, 2.05) is 12.1 Å². The number of amides is 1. The van der Waals surface area contributed by atoms with Gasteiger partial charge in [-0.25, -0.2) is 4.98 Å². The Bertz CT molecular complexity index is 1110. The van der Waals surface area contributed by atoms with Crippen molar-refractivity contribution in [3.8, 4) is 5.75 Å². The van der Waals surface area contributed by atoms with Crippen LogP contribution in [0.4, 0.5) is 0 Å². The molecular weight excluding hydrogens is 506 g/mol. The maximum atomic E-state index is 12.4. The lowest BCUT2D eigenvalue weighted by Crippen LogP contribution is -2.24. The molecule has 0 bridgehead atoms. The highest BCUT2D eigenvalue weighted by Gasteiger charge is 2.10. The SMILES string of the molecule is CCCCCCCCCCCCCCCCn1c(CCCCCNC(=O)c2ccc(OC)cc2)nc2ccccc21. The van der Waals surface area contributed by atoms with Crippen LogP contribution >= 0.6 is 0 Å². The van der Waals surface area contributed by atoms with Gasteiger partial charge in [-0.3, -0.25) is 4.79 Å². The first-order valence-electron chi connectivity index (χ1n) is 16.6. The Hall–Kier alpha value is -2.82. The zero-order valence-corrected chi connectivity index (χ0v) is 26.0. The van der Waals surface area contributed by atoms with E-state index in [2.05, 4.69) is 41.1 Å². The third-order valence-corrected chi connectivity index (χ3v) is 8.18. The monoisotopic (exact) mass is 561 g/mol. The van der Waals surface area contributed by atoms with Crippen LogP contribution in [0.5, 0.6) is 5.75 Å². The summed E-state index contributed by atoms with van der Waals surface area (Å²) in [7, 11) is 1.63. The zero-order valence-electron chi connectivity index (χ0n) is 26.0. The van der Waals surface area contributed by atoms with E-state index in [1.54, 1.807) is 19.2 Å². The Labute approximate surface area is 249 Å². The molecule has 41 heavy (non-hydrogen) atoms. The summed E-state index contributed by atoms with van der Waals surface area (Å²) in [5, 5.41) is 3.04. The molecule has 0 aliphatic carbocycles. The van der Waals surface area contributed by atoms with Crippen molar-refractivity contribution in [2.75, 3.05) is 13.7 Å². The molecule has 1 amide bonds. The molecule has 0 saturated heterocycles. The Balaban J connectivity index is 1.28. The number of unbranched alkanes of at least 4 members (excludes halogenated alkanes) is 15. The standard InChI is InChI=1S/C36H55N3O2/c1-3-4-5-6-7-8-9-10-11-12-13-14-15-21-30-39-34-23-19-18-22-33(34)38-35(39)24-17-16-20-29-37-36(40)31-25-27-32(41-2)28-26-31/h18-19,22-23,25-28H,3-17,20-21,24,29-30H2,1-2H3,(H,37,40). The Kier molecular flexibility index (Phi) is 16.0. The first-order chi connectivity index (χ1) is 20.2. The zero-order chi connectivity index (χ0) is 29.0. The van der Waals surface area contributed by atoms with E-state index < -0.39 is 0 Å². The number of aryl methyl sites for hydroxylation is 2. The van der Waals surface area contributed by atoms with Crippen LogP contribution in [0.1, 0.15) is 132 Å². The summed E-state index contributed by atoms with van der Waals surface area (Å²) >= 11 is 0. The largest absolute Gasteiger partial charge is 0.497 e. The maximum absolute atomic E-state index is 12.4. The molecule has 1 aromatic heterocycles. The molecule has 0 radical (unpaired) electrons. The van der Waals surface area contributed by atoms with Gasteiger partial charge in [-0.15, -0.1) is 0 Å². The van der Waals surface area contributed by atoms with Crippen molar-refractivity contribution >= 4 is 16.9 Å². The molecule has 5 nitrogen and oxygen atoms in total. The number of nitrogens with zero attached hydrogens (tertiary/aromatic N) is 2. The third-order valence-electron chi connectivity index (χ3n) is 8.18. The quantitative estimate of drug-likeness (QED) is 0.117. The minimum atomic E-state index is -0.0254. The summed E-state index contributed by atoms with van der Waals surface area (Å²) < 4.78 is 7.62. The van der Waals surface area contributed by atoms with Crippen LogP contribution in [0.3, 0.4) is 0 Å². The molecule has 2 aromatic carbocycles. The van der Waals surface area contributed by atoms with Crippen LogP contribution in [0.2, 0.25) is 0 Å². The molecule has 3 rings (SSSR count). The van der Waals surface area contributed by atoms with Crippen LogP contribution in [0, 0.1) is 0 Å². The van der Waals surface area contributed by atoms with Gasteiger partial charge in [-0.1, -0.05) is 109 Å². The van der Waals surface area contributed by atoms with Gasteiger partial charge in [0.05, 0.1) is 18.1 Å². The summed E-state index contributed by atoms with van der Waals surface area (Å²) in [5.74, 6) is 1.95. The predicted octanol–water partition coefficient (Wildman–Crippen LogP) is 9.67. The number of carbonyl (C=O) groups excluding carboxylic acids is 1. The van der Waals surface area contributed by atoms with Crippen molar-refractivity contribution in [2.45, 2.75) is 129 Å². The summed E-state index contributed by atoms with van der Waals surface area (Å²) in [6, 6.07) is 15.8. The highest BCUT2D eigenvalue weighted by molar-refractivity contribution is 5.94. The van der Waals surface area contributed by atoms with Gasteiger partial charge in [0.1, 0.15) is 11.6 Å². The second-order valence-corrected chi connectivity index (χ2v) is 11.6. The lowest BCUT2D eigenvalue weighted by atomic mass is 10.0. The lowest BCUT2D eigenvalue weighted by Gasteiger charge is -2.10. The molecule has 3 aromatic rings. The van der Waals surface area contributed by atoms with Gasteiger partial charge in [-0.05, 0) is 55.7 Å². The second-order valence-electron chi connectivity index (χ2n) is 11.6. The van der Waals surface area contributed by atoms with E-state index in [9.17, 15) is 4.79 Å². The van der Waals surface area contributed by atoms with Gasteiger partial charge in [0.15, 0.2) is 0 Å². The molecule has 0 aliphatic heterocycles. The topological polar surface area (TPSA) is 56.2 Å². The second kappa shape index (κ2) is 20.1. The molecule has 0 unspecified atom stereocenters. The van der Waals surface area contributed by atoms with E-state index in [4.69, 9.17) is 9.72 Å². The van der Waals surface area contributed by atoms with E-state index in [1.165, 1.54) is 101 Å². The van der Waals surface area contributed by atoms with Crippen molar-refractivity contribution in [2.24, 2.45) is 0 Å². The summed E-state index contributed by atoms with van der Waals surface area (Å²) in [4.78, 5) is 17.3. The number of aromatic nitrogens is 2. The van der Waals surface area contributed by atoms with Gasteiger partial charge in [0.2, 0.25) is 0 Å². The van der Waals surface area contributed by atoms with E-state index in [-0.39, 0.29) is 5.91 Å². The van der Waals surface area contributed by atoms with Crippen molar-refractivity contribution in [3.05, 3.63) is 59.9 Å². The lowest BCUT2D eigenvalue weighted by molar-refractivity contribution is 0.0953. The number of nitrogens with one attached hydrogen (secondary N) is 1. The number of carbonyl (C=O) groups is 1. The van der Waals surface area contributed by atoms with Crippen LogP contribution < -0.4 is 10.1 Å². The highest BCUT2D eigenvalue weighted by Crippen LogP contribution is 2.20. The van der Waals surface area contributed by atoms with Crippen molar-refractivity contribution < 1.29 is 9.53 Å². The summed E-state index contributed by atoms with van der Waals surface area (Å²) in [5.41, 5.74) is 3.05. The molecule has 0 saturated carbocycles. The fourth-order valence-corrected chi connectivity index (χ4v) is 5.66. The number of benzene rings is 2. The minimum Gasteiger partial charge on any atom is -0.497 e. The molecule has 0 spiro atoms. The molecular formula is C36H55N3O2.